The number of hydrogen-bond donors (Lipinski definition) is 0. The van der Waals surface area contributed by atoms with Crippen LogP contribution in [0.25, 0.3) is 10.8 Å². The van der Waals surface area contributed by atoms with Crippen molar-refractivity contribution >= 4 is 28.8 Å². The fourth-order valence-electron chi connectivity index (χ4n) is 2.09. The summed E-state index contributed by atoms with van der Waals surface area (Å²) in [6, 6.07) is 11.1. The Morgan fingerprint density at radius 2 is 1.86 bits per heavy atom. The Morgan fingerprint density at radius 1 is 1.19 bits per heavy atom. The van der Waals surface area contributed by atoms with Crippen molar-refractivity contribution in [1.82, 2.24) is 0 Å². The molecule has 0 saturated heterocycles. The van der Waals surface area contributed by atoms with Crippen molar-refractivity contribution in [3.63, 3.8) is 0 Å². The molecular formula is C17H19NO3. The van der Waals surface area contributed by atoms with Crippen LogP contribution in [0.3, 0.4) is 0 Å². The third-order valence-electron chi connectivity index (χ3n) is 3.03. The molecular weight excluding hydrogens is 266 g/mol. The predicted molar refractivity (Wildman–Crippen MR) is 84.0 cm³/mol. The normalized spacial score (nSPS) is 11.2. The molecule has 0 aliphatic carbocycles. The summed E-state index contributed by atoms with van der Waals surface area (Å²) >= 11 is 0. The van der Waals surface area contributed by atoms with Crippen molar-refractivity contribution in [3.8, 4) is 0 Å². The van der Waals surface area contributed by atoms with Gasteiger partial charge in [-0.3, -0.25) is 9.69 Å². The van der Waals surface area contributed by atoms with Crippen molar-refractivity contribution in [2.24, 2.45) is 0 Å². The van der Waals surface area contributed by atoms with Crippen molar-refractivity contribution in [1.29, 1.82) is 0 Å². The summed E-state index contributed by atoms with van der Waals surface area (Å²) in [6.07, 6.45) is 0.328. The van der Waals surface area contributed by atoms with Gasteiger partial charge in [0.15, 0.2) is 0 Å². The SMILES string of the molecule is CN(C(=O)OC(C)(C)C)c1cc(C=O)cc2ccccc12. The molecule has 0 fully saturated rings. The van der Waals surface area contributed by atoms with E-state index < -0.39 is 11.7 Å². The van der Waals surface area contributed by atoms with E-state index in [2.05, 4.69) is 0 Å². The molecule has 0 N–H and O–H groups in total. The Kier molecular flexibility index (Phi) is 3.98. The van der Waals surface area contributed by atoms with Crippen LogP contribution in [-0.2, 0) is 4.74 Å². The highest BCUT2D eigenvalue weighted by Gasteiger charge is 2.22. The van der Waals surface area contributed by atoms with E-state index in [0.29, 0.717) is 11.3 Å². The molecule has 2 rings (SSSR count). The van der Waals surface area contributed by atoms with Crippen LogP contribution in [-0.4, -0.2) is 25.0 Å². The second kappa shape index (κ2) is 5.56. The van der Waals surface area contributed by atoms with Gasteiger partial charge in [0.1, 0.15) is 11.9 Å². The van der Waals surface area contributed by atoms with Crippen LogP contribution in [0.1, 0.15) is 31.1 Å². The summed E-state index contributed by atoms with van der Waals surface area (Å²) in [6.45, 7) is 5.45. The third-order valence-corrected chi connectivity index (χ3v) is 3.03. The second-order valence-electron chi connectivity index (χ2n) is 5.92. The van der Waals surface area contributed by atoms with Crippen molar-refractivity contribution in [2.75, 3.05) is 11.9 Å². The van der Waals surface area contributed by atoms with E-state index in [4.69, 9.17) is 4.74 Å². The number of anilines is 1. The largest absolute Gasteiger partial charge is 0.443 e. The molecule has 21 heavy (non-hydrogen) atoms. The molecule has 1 amide bonds. The minimum atomic E-state index is -0.566. The molecule has 2 aromatic rings. The molecule has 0 saturated carbocycles. The maximum absolute atomic E-state index is 12.2. The van der Waals surface area contributed by atoms with E-state index in [1.807, 2.05) is 45.0 Å². The van der Waals surface area contributed by atoms with Gasteiger partial charge in [-0.05, 0) is 38.3 Å². The van der Waals surface area contributed by atoms with Gasteiger partial charge in [-0.2, -0.15) is 0 Å². The minimum absolute atomic E-state index is 0.448. The number of carbonyl (C=O) groups is 2. The van der Waals surface area contributed by atoms with Gasteiger partial charge in [0.25, 0.3) is 0 Å². The van der Waals surface area contributed by atoms with Crippen LogP contribution in [0, 0.1) is 0 Å². The lowest BCUT2D eigenvalue weighted by atomic mass is 10.0. The number of nitrogens with zero attached hydrogens (tertiary/aromatic N) is 1. The Bertz CT molecular complexity index is 686. The van der Waals surface area contributed by atoms with Crippen LogP contribution in [0.2, 0.25) is 0 Å². The van der Waals surface area contributed by atoms with Crippen LogP contribution in [0.5, 0.6) is 0 Å². The molecule has 4 heteroatoms. The fraction of sp³-hybridized carbons (Fsp3) is 0.294. The Labute approximate surface area is 124 Å². The van der Waals surface area contributed by atoms with Gasteiger partial charge in [-0.15, -0.1) is 0 Å². The highest BCUT2D eigenvalue weighted by Crippen LogP contribution is 2.28. The molecule has 0 radical (unpaired) electrons. The Morgan fingerprint density at radius 3 is 2.48 bits per heavy atom. The van der Waals surface area contributed by atoms with E-state index in [0.717, 1.165) is 17.1 Å². The van der Waals surface area contributed by atoms with Crippen LogP contribution in [0.4, 0.5) is 10.5 Å². The predicted octanol–water partition coefficient (Wildman–Crippen LogP) is 4.02. The topological polar surface area (TPSA) is 46.6 Å². The smallest absolute Gasteiger partial charge is 0.414 e. The molecule has 0 aromatic heterocycles. The highest BCUT2D eigenvalue weighted by atomic mass is 16.6. The minimum Gasteiger partial charge on any atom is -0.443 e. The standard InChI is InChI=1S/C17H19NO3/c1-17(2,3)21-16(20)18(4)15-10-12(11-19)9-13-7-5-6-8-14(13)15/h5-11H,1-4H3. The fourth-order valence-corrected chi connectivity index (χ4v) is 2.09. The number of hydrogen-bond acceptors (Lipinski definition) is 3. The molecule has 2 aromatic carbocycles. The van der Waals surface area contributed by atoms with Gasteiger partial charge in [-0.1, -0.05) is 24.3 Å². The third kappa shape index (κ3) is 3.40. The average molecular weight is 285 g/mol. The van der Waals surface area contributed by atoms with Crippen molar-refractivity contribution < 1.29 is 14.3 Å². The number of rotatable bonds is 2. The van der Waals surface area contributed by atoms with Gasteiger partial charge in [0.05, 0.1) is 5.69 Å². The van der Waals surface area contributed by atoms with E-state index in [1.165, 1.54) is 4.90 Å². The number of ether oxygens (including phenoxy) is 1. The highest BCUT2D eigenvalue weighted by molar-refractivity contribution is 6.03. The summed E-state index contributed by atoms with van der Waals surface area (Å²) in [5.41, 5.74) is 0.618. The van der Waals surface area contributed by atoms with Crippen LogP contribution in [0.15, 0.2) is 36.4 Å². The molecule has 0 bridgehead atoms. The van der Waals surface area contributed by atoms with E-state index in [-0.39, 0.29) is 0 Å². The first-order chi connectivity index (χ1) is 9.81. The molecule has 0 atom stereocenters. The number of benzene rings is 2. The van der Waals surface area contributed by atoms with Crippen LogP contribution < -0.4 is 4.90 Å². The lowest BCUT2D eigenvalue weighted by Crippen LogP contribution is -2.34. The first-order valence-electron chi connectivity index (χ1n) is 6.76. The van der Waals surface area contributed by atoms with E-state index in [9.17, 15) is 9.59 Å². The Hall–Kier alpha value is -2.36. The molecule has 0 aliphatic rings. The Balaban J connectivity index is 2.49. The van der Waals surface area contributed by atoms with E-state index >= 15 is 0 Å². The maximum Gasteiger partial charge on any atom is 0.414 e. The number of carbonyl (C=O) groups excluding carboxylic acids is 2. The molecule has 0 heterocycles. The monoisotopic (exact) mass is 285 g/mol. The van der Waals surface area contributed by atoms with Gasteiger partial charge < -0.3 is 4.74 Å². The quantitative estimate of drug-likeness (QED) is 0.783. The van der Waals surface area contributed by atoms with Gasteiger partial charge in [-0.25, -0.2) is 4.79 Å². The summed E-state index contributed by atoms with van der Waals surface area (Å²) in [5.74, 6) is 0. The second-order valence-corrected chi connectivity index (χ2v) is 5.92. The van der Waals surface area contributed by atoms with Gasteiger partial charge >= 0.3 is 6.09 Å². The number of aldehydes is 1. The average Bonchev–Trinajstić information content (AvgIpc) is 2.43. The summed E-state index contributed by atoms with van der Waals surface area (Å²) in [7, 11) is 1.64. The zero-order valence-corrected chi connectivity index (χ0v) is 12.7. The summed E-state index contributed by atoms with van der Waals surface area (Å²) in [5, 5.41) is 1.81. The van der Waals surface area contributed by atoms with Crippen LogP contribution >= 0.6 is 0 Å². The lowest BCUT2D eigenvalue weighted by molar-refractivity contribution is 0.0589. The zero-order chi connectivity index (χ0) is 15.6. The summed E-state index contributed by atoms with van der Waals surface area (Å²) < 4.78 is 5.37. The maximum atomic E-state index is 12.2. The first-order valence-corrected chi connectivity index (χ1v) is 6.76. The van der Waals surface area contributed by atoms with Gasteiger partial charge in [0, 0.05) is 18.0 Å². The molecule has 110 valence electrons. The summed E-state index contributed by atoms with van der Waals surface area (Å²) in [4.78, 5) is 24.7. The number of amides is 1. The zero-order valence-electron chi connectivity index (χ0n) is 12.7. The van der Waals surface area contributed by atoms with Crippen molar-refractivity contribution in [3.05, 3.63) is 42.0 Å². The molecule has 0 aliphatic heterocycles. The molecule has 4 nitrogen and oxygen atoms in total. The van der Waals surface area contributed by atoms with Crippen molar-refractivity contribution in [2.45, 2.75) is 26.4 Å². The number of fused-ring (bicyclic) bond motifs is 1. The lowest BCUT2D eigenvalue weighted by Gasteiger charge is -2.25. The first kappa shape index (κ1) is 15.0. The molecule has 0 unspecified atom stereocenters. The molecule has 0 spiro atoms. The van der Waals surface area contributed by atoms with E-state index in [1.54, 1.807) is 19.2 Å². The van der Waals surface area contributed by atoms with Gasteiger partial charge in [0.2, 0.25) is 0 Å².